The topological polar surface area (TPSA) is 64.1 Å². The molecule has 1 aliphatic heterocycles. The smallest absolute Gasteiger partial charge is 0.195 e. The molecule has 2 rings (SSSR count). The first-order valence-electron chi connectivity index (χ1n) is 8.77. The van der Waals surface area contributed by atoms with Gasteiger partial charge in [0.2, 0.25) is 0 Å². The minimum atomic E-state index is 0.642. The van der Waals surface area contributed by atoms with Gasteiger partial charge in [-0.15, -0.1) is 0 Å². The molecular formula is C19H29N3O3. The van der Waals surface area contributed by atoms with E-state index in [4.69, 9.17) is 14.2 Å². The number of ether oxygens (including phenoxy) is 3. The average molecular weight is 347 g/mol. The largest absolute Gasteiger partial charge is 0.493 e. The van der Waals surface area contributed by atoms with E-state index in [1.807, 2.05) is 24.3 Å². The zero-order valence-electron chi connectivity index (χ0n) is 15.2. The molecule has 0 saturated heterocycles. The van der Waals surface area contributed by atoms with E-state index in [9.17, 15) is 0 Å². The molecule has 0 aliphatic carbocycles. The summed E-state index contributed by atoms with van der Waals surface area (Å²) in [6.45, 7) is 3.76. The summed E-state index contributed by atoms with van der Waals surface area (Å²) in [6, 6.07) is 7.89. The second-order valence-electron chi connectivity index (χ2n) is 5.78. The van der Waals surface area contributed by atoms with Crippen molar-refractivity contribution in [2.45, 2.75) is 19.3 Å². The van der Waals surface area contributed by atoms with Gasteiger partial charge in [-0.1, -0.05) is 17.7 Å². The van der Waals surface area contributed by atoms with Crippen LogP contribution in [-0.2, 0) is 9.47 Å². The number of rotatable bonds is 9. The van der Waals surface area contributed by atoms with Crippen LogP contribution in [0.3, 0.4) is 0 Å². The van der Waals surface area contributed by atoms with Gasteiger partial charge in [0.25, 0.3) is 0 Å². The molecule has 0 spiro atoms. The number of hydrogen-bond acceptors (Lipinski definition) is 4. The van der Waals surface area contributed by atoms with E-state index in [0.717, 1.165) is 56.4 Å². The van der Waals surface area contributed by atoms with Crippen LogP contribution in [0.2, 0.25) is 0 Å². The van der Waals surface area contributed by atoms with Gasteiger partial charge in [-0.25, -0.2) is 0 Å². The molecule has 0 saturated carbocycles. The van der Waals surface area contributed by atoms with Crippen LogP contribution in [-0.4, -0.2) is 53.1 Å². The first-order chi connectivity index (χ1) is 12.3. The van der Waals surface area contributed by atoms with Gasteiger partial charge in [-0.3, -0.25) is 4.99 Å². The average Bonchev–Trinajstić information content (AvgIpc) is 2.66. The van der Waals surface area contributed by atoms with Gasteiger partial charge in [0.15, 0.2) is 5.96 Å². The zero-order valence-corrected chi connectivity index (χ0v) is 15.2. The van der Waals surface area contributed by atoms with Gasteiger partial charge >= 0.3 is 0 Å². The molecule has 138 valence electrons. The molecule has 1 aromatic rings. The van der Waals surface area contributed by atoms with Crippen LogP contribution in [0.4, 0.5) is 5.69 Å². The van der Waals surface area contributed by atoms with Crippen molar-refractivity contribution in [1.29, 1.82) is 0 Å². The lowest BCUT2D eigenvalue weighted by atomic mass is 10.1. The molecule has 0 radical (unpaired) electrons. The van der Waals surface area contributed by atoms with Crippen molar-refractivity contribution < 1.29 is 14.2 Å². The molecule has 0 bridgehead atoms. The predicted octanol–water partition coefficient (Wildman–Crippen LogP) is 2.83. The van der Waals surface area contributed by atoms with Crippen LogP contribution in [0.15, 0.2) is 40.9 Å². The van der Waals surface area contributed by atoms with E-state index in [1.165, 1.54) is 5.57 Å². The normalized spacial score (nSPS) is 14.8. The fraction of sp³-hybridized carbons (Fsp3) is 0.526. The Morgan fingerprint density at radius 1 is 1.32 bits per heavy atom. The molecule has 1 aliphatic rings. The standard InChI is InChI=1S/C19H29N3O3/c1-20-19(21-10-7-16-8-13-24-14-9-16)22-17-5-3-6-18(15-17)25-12-4-11-23-2/h3,5-6,8,15H,4,7,9-14H2,1-2H3,(H2,20,21,22). The number of nitrogens with one attached hydrogen (secondary N) is 2. The Bertz CT molecular complexity index is 573. The maximum Gasteiger partial charge on any atom is 0.195 e. The van der Waals surface area contributed by atoms with Gasteiger partial charge in [0, 0.05) is 45.5 Å². The van der Waals surface area contributed by atoms with Crippen LogP contribution < -0.4 is 15.4 Å². The first-order valence-corrected chi connectivity index (χ1v) is 8.77. The molecular weight excluding hydrogens is 318 g/mol. The summed E-state index contributed by atoms with van der Waals surface area (Å²) in [5.41, 5.74) is 2.39. The second-order valence-corrected chi connectivity index (χ2v) is 5.78. The first kappa shape index (κ1) is 19.3. The number of aliphatic imine (C=N–C) groups is 1. The molecule has 0 unspecified atom stereocenters. The van der Waals surface area contributed by atoms with Crippen LogP contribution >= 0.6 is 0 Å². The highest BCUT2D eigenvalue weighted by Crippen LogP contribution is 2.17. The monoisotopic (exact) mass is 347 g/mol. The van der Waals surface area contributed by atoms with E-state index in [0.29, 0.717) is 13.2 Å². The highest BCUT2D eigenvalue weighted by molar-refractivity contribution is 5.93. The second kappa shape index (κ2) is 11.5. The van der Waals surface area contributed by atoms with Gasteiger partial charge in [0.1, 0.15) is 5.75 Å². The van der Waals surface area contributed by atoms with Gasteiger partial charge in [0.05, 0.1) is 19.8 Å². The predicted molar refractivity (Wildman–Crippen MR) is 102 cm³/mol. The number of anilines is 1. The molecule has 25 heavy (non-hydrogen) atoms. The Morgan fingerprint density at radius 3 is 3.00 bits per heavy atom. The maximum absolute atomic E-state index is 5.72. The molecule has 0 aromatic heterocycles. The Kier molecular flexibility index (Phi) is 8.86. The number of nitrogens with zero attached hydrogens (tertiary/aromatic N) is 1. The molecule has 0 amide bonds. The Hall–Kier alpha value is -2.05. The van der Waals surface area contributed by atoms with Crippen molar-refractivity contribution in [1.82, 2.24) is 5.32 Å². The maximum atomic E-state index is 5.72. The summed E-state index contributed by atoms with van der Waals surface area (Å²) in [5, 5.41) is 6.64. The highest BCUT2D eigenvalue weighted by Gasteiger charge is 2.05. The summed E-state index contributed by atoms with van der Waals surface area (Å²) >= 11 is 0. The van der Waals surface area contributed by atoms with Gasteiger partial charge < -0.3 is 24.8 Å². The molecule has 2 N–H and O–H groups in total. The van der Waals surface area contributed by atoms with Gasteiger partial charge in [-0.05, 0) is 25.0 Å². The van der Waals surface area contributed by atoms with E-state index >= 15 is 0 Å². The van der Waals surface area contributed by atoms with Gasteiger partial charge in [-0.2, -0.15) is 0 Å². The molecule has 1 heterocycles. The minimum Gasteiger partial charge on any atom is -0.493 e. The van der Waals surface area contributed by atoms with Crippen molar-refractivity contribution in [3.63, 3.8) is 0 Å². The third-order valence-corrected chi connectivity index (χ3v) is 3.88. The minimum absolute atomic E-state index is 0.642. The fourth-order valence-corrected chi connectivity index (χ4v) is 2.51. The molecule has 0 atom stereocenters. The van der Waals surface area contributed by atoms with Crippen molar-refractivity contribution in [3.8, 4) is 5.75 Å². The lowest BCUT2D eigenvalue weighted by Gasteiger charge is -2.16. The fourth-order valence-electron chi connectivity index (χ4n) is 2.51. The molecule has 0 fully saturated rings. The van der Waals surface area contributed by atoms with Crippen molar-refractivity contribution >= 4 is 11.6 Å². The molecule has 1 aromatic carbocycles. The summed E-state index contributed by atoms with van der Waals surface area (Å²) in [6.07, 6.45) is 5.08. The summed E-state index contributed by atoms with van der Waals surface area (Å²) in [7, 11) is 3.47. The van der Waals surface area contributed by atoms with Crippen LogP contribution in [0, 0.1) is 0 Å². The van der Waals surface area contributed by atoms with E-state index in [2.05, 4.69) is 21.7 Å². The summed E-state index contributed by atoms with van der Waals surface area (Å²) < 4.78 is 16.1. The third kappa shape index (κ3) is 7.58. The zero-order chi connectivity index (χ0) is 17.7. The van der Waals surface area contributed by atoms with Crippen molar-refractivity contribution in [3.05, 3.63) is 35.9 Å². The Morgan fingerprint density at radius 2 is 2.24 bits per heavy atom. The van der Waals surface area contributed by atoms with E-state index in [-0.39, 0.29) is 0 Å². The number of guanidine groups is 1. The number of hydrogen-bond donors (Lipinski definition) is 2. The molecule has 6 nitrogen and oxygen atoms in total. The molecule has 6 heteroatoms. The Labute approximate surface area is 150 Å². The lowest BCUT2D eigenvalue weighted by molar-refractivity contribution is 0.153. The lowest BCUT2D eigenvalue weighted by Crippen LogP contribution is -2.31. The van der Waals surface area contributed by atoms with Crippen LogP contribution in [0.1, 0.15) is 19.3 Å². The van der Waals surface area contributed by atoms with Crippen LogP contribution in [0.5, 0.6) is 5.75 Å². The van der Waals surface area contributed by atoms with E-state index < -0.39 is 0 Å². The Balaban J connectivity index is 1.77. The van der Waals surface area contributed by atoms with Crippen LogP contribution in [0.25, 0.3) is 0 Å². The summed E-state index contributed by atoms with van der Waals surface area (Å²) in [5.74, 6) is 1.59. The third-order valence-electron chi connectivity index (χ3n) is 3.88. The van der Waals surface area contributed by atoms with E-state index in [1.54, 1.807) is 14.2 Å². The number of methoxy groups -OCH3 is 1. The number of benzene rings is 1. The SMILES string of the molecule is CN=C(NCCC1=CCOCC1)Nc1cccc(OCCCOC)c1. The van der Waals surface area contributed by atoms with Crippen molar-refractivity contribution in [2.75, 3.05) is 52.4 Å². The highest BCUT2D eigenvalue weighted by atomic mass is 16.5. The quantitative estimate of drug-likeness (QED) is 0.311. The van der Waals surface area contributed by atoms with Crippen molar-refractivity contribution in [2.24, 2.45) is 4.99 Å². The summed E-state index contributed by atoms with van der Waals surface area (Å²) in [4.78, 5) is 4.28.